The van der Waals surface area contributed by atoms with E-state index in [4.69, 9.17) is 4.74 Å². The van der Waals surface area contributed by atoms with Gasteiger partial charge in [0.15, 0.2) is 0 Å². The van der Waals surface area contributed by atoms with E-state index in [1.54, 1.807) is 24.3 Å². The maximum atomic E-state index is 13.3. The molecule has 0 spiro atoms. The number of rotatable bonds is 8. The second kappa shape index (κ2) is 11.0. The van der Waals surface area contributed by atoms with Crippen molar-refractivity contribution in [1.82, 2.24) is 9.62 Å². The lowest BCUT2D eigenvalue weighted by atomic mass is 10.1. The summed E-state index contributed by atoms with van der Waals surface area (Å²) in [5, 5.41) is 2.50. The van der Waals surface area contributed by atoms with Crippen LogP contribution in [0.1, 0.15) is 16.4 Å². The Labute approximate surface area is 199 Å². The molecule has 4 rings (SSSR count). The number of nitrogens with zero attached hydrogens (tertiary/aromatic N) is 1. The summed E-state index contributed by atoms with van der Waals surface area (Å²) in [6.45, 7) is 1.54. The van der Waals surface area contributed by atoms with Gasteiger partial charge in [-0.05, 0) is 29.3 Å². The molecule has 0 bridgehead atoms. The lowest BCUT2D eigenvalue weighted by Crippen LogP contribution is -2.41. The Balaban J connectivity index is 1.53. The largest absolute Gasteiger partial charge is 0.379 e. The van der Waals surface area contributed by atoms with Crippen LogP contribution in [0.15, 0.2) is 94.7 Å². The Morgan fingerprint density at radius 2 is 1.52 bits per heavy atom. The lowest BCUT2D eigenvalue weighted by Gasteiger charge is -2.27. The van der Waals surface area contributed by atoms with Crippen LogP contribution in [0.4, 0.5) is 0 Å². The molecule has 1 atom stereocenters. The first-order chi connectivity index (χ1) is 16.1. The van der Waals surface area contributed by atoms with Crippen molar-refractivity contribution in [2.45, 2.75) is 21.6 Å². The molecule has 3 aromatic rings. The second-order valence-electron chi connectivity index (χ2n) is 7.56. The van der Waals surface area contributed by atoms with E-state index in [2.05, 4.69) is 5.32 Å². The fourth-order valence-electron chi connectivity index (χ4n) is 3.64. The van der Waals surface area contributed by atoms with Crippen molar-refractivity contribution in [1.29, 1.82) is 0 Å². The van der Waals surface area contributed by atoms with Gasteiger partial charge in [0, 0.05) is 24.5 Å². The molecule has 1 aliphatic rings. The molecule has 33 heavy (non-hydrogen) atoms. The number of hydrogen-bond donors (Lipinski definition) is 1. The molecule has 1 N–H and O–H groups in total. The van der Waals surface area contributed by atoms with Gasteiger partial charge in [-0.2, -0.15) is 4.31 Å². The maximum absolute atomic E-state index is 13.3. The summed E-state index contributed by atoms with van der Waals surface area (Å²) in [5.74, 6) is -0.173. The zero-order valence-electron chi connectivity index (χ0n) is 18.1. The zero-order chi connectivity index (χ0) is 23.1. The molecule has 8 heteroatoms. The smallest absolute Gasteiger partial charge is 0.243 e. The van der Waals surface area contributed by atoms with Gasteiger partial charge in [0.25, 0.3) is 0 Å². The highest BCUT2D eigenvalue weighted by Gasteiger charge is 2.29. The molecule has 6 nitrogen and oxygen atoms in total. The molecule has 0 aromatic heterocycles. The normalized spacial score (nSPS) is 15.6. The van der Waals surface area contributed by atoms with Crippen LogP contribution < -0.4 is 5.32 Å². The van der Waals surface area contributed by atoms with E-state index in [1.165, 1.54) is 16.1 Å². The Kier molecular flexibility index (Phi) is 7.82. The Hall–Kier alpha value is -2.65. The van der Waals surface area contributed by atoms with Gasteiger partial charge in [0.2, 0.25) is 15.9 Å². The van der Waals surface area contributed by atoms with Crippen LogP contribution in [0.2, 0.25) is 0 Å². The number of ether oxygens (including phenoxy) is 1. The summed E-state index contributed by atoms with van der Waals surface area (Å²) < 4.78 is 33.1. The number of amides is 1. The quantitative estimate of drug-likeness (QED) is 0.494. The first-order valence-electron chi connectivity index (χ1n) is 10.8. The van der Waals surface area contributed by atoms with Gasteiger partial charge < -0.3 is 10.1 Å². The minimum Gasteiger partial charge on any atom is -0.379 e. The van der Waals surface area contributed by atoms with Gasteiger partial charge >= 0.3 is 0 Å². The molecule has 1 aliphatic heterocycles. The first-order valence-corrected chi connectivity index (χ1v) is 13.1. The van der Waals surface area contributed by atoms with Crippen molar-refractivity contribution in [2.75, 3.05) is 26.3 Å². The van der Waals surface area contributed by atoms with Crippen molar-refractivity contribution < 1.29 is 17.9 Å². The topological polar surface area (TPSA) is 75.7 Å². The number of carbonyl (C=O) groups excluding carboxylic acids is 1. The highest BCUT2D eigenvalue weighted by Crippen LogP contribution is 2.35. The SMILES string of the molecule is O=C(NCc1ccccc1S(=O)(=O)N1CCOCC1)[C@H](Sc1ccccc1)c1ccccc1. The molecule has 1 heterocycles. The molecule has 172 valence electrons. The van der Waals surface area contributed by atoms with Gasteiger partial charge in [-0.1, -0.05) is 66.7 Å². The van der Waals surface area contributed by atoms with Crippen LogP contribution in [-0.4, -0.2) is 44.9 Å². The predicted molar refractivity (Wildman–Crippen MR) is 129 cm³/mol. The van der Waals surface area contributed by atoms with Crippen LogP contribution in [0.5, 0.6) is 0 Å². The van der Waals surface area contributed by atoms with Crippen LogP contribution >= 0.6 is 11.8 Å². The van der Waals surface area contributed by atoms with E-state index in [9.17, 15) is 13.2 Å². The van der Waals surface area contributed by atoms with E-state index in [0.29, 0.717) is 31.9 Å². The van der Waals surface area contributed by atoms with Crippen molar-refractivity contribution in [3.63, 3.8) is 0 Å². The number of carbonyl (C=O) groups is 1. The van der Waals surface area contributed by atoms with Gasteiger partial charge in [-0.25, -0.2) is 8.42 Å². The molecule has 0 unspecified atom stereocenters. The van der Waals surface area contributed by atoms with E-state index in [-0.39, 0.29) is 17.3 Å². The number of sulfonamides is 1. The van der Waals surface area contributed by atoms with Gasteiger partial charge in [-0.3, -0.25) is 4.79 Å². The second-order valence-corrected chi connectivity index (χ2v) is 10.6. The number of nitrogens with one attached hydrogen (secondary N) is 1. The molecule has 1 amide bonds. The Morgan fingerprint density at radius 1 is 0.909 bits per heavy atom. The summed E-state index contributed by atoms with van der Waals surface area (Å²) >= 11 is 1.47. The number of hydrogen-bond acceptors (Lipinski definition) is 5. The molecule has 3 aromatic carbocycles. The molecule has 1 fully saturated rings. The van der Waals surface area contributed by atoms with Gasteiger partial charge in [-0.15, -0.1) is 11.8 Å². The monoisotopic (exact) mass is 482 g/mol. The number of morpholine rings is 1. The summed E-state index contributed by atoms with van der Waals surface area (Å²) in [6.07, 6.45) is 0. The predicted octanol–water partition coefficient (Wildman–Crippen LogP) is 3.86. The fourth-order valence-corrected chi connectivity index (χ4v) is 6.34. The molecular weight excluding hydrogens is 456 g/mol. The first kappa shape index (κ1) is 23.5. The Morgan fingerprint density at radius 3 is 2.21 bits per heavy atom. The Bertz CT molecular complexity index is 1170. The van der Waals surface area contributed by atoms with Crippen molar-refractivity contribution in [2.24, 2.45) is 0 Å². The van der Waals surface area contributed by atoms with E-state index in [1.807, 2.05) is 60.7 Å². The average molecular weight is 483 g/mol. The third kappa shape index (κ3) is 5.83. The number of thioether (sulfide) groups is 1. The van der Waals surface area contributed by atoms with Crippen LogP contribution in [0, 0.1) is 0 Å². The fraction of sp³-hybridized carbons (Fsp3) is 0.240. The van der Waals surface area contributed by atoms with E-state index < -0.39 is 15.3 Å². The lowest BCUT2D eigenvalue weighted by molar-refractivity contribution is -0.120. The summed E-state index contributed by atoms with van der Waals surface area (Å²) in [6, 6.07) is 26.2. The molecule has 1 saturated heterocycles. The highest BCUT2D eigenvalue weighted by molar-refractivity contribution is 8.00. The van der Waals surface area contributed by atoms with Gasteiger partial charge in [0.1, 0.15) is 5.25 Å². The van der Waals surface area contributed by atoms with Gasteiger partial charge in [0.05, 0.1) is 18.1 Å². The van der Waals surface area contributed by atoms with E-state index >= 15 is 0 Å². The van der Waals surface area contributed by atoms with Crippen LogP contribution in [0.25, 0.3) is 0 Å². The summed E-state index contributed by atoms with van der Waals surface area (Å²) in [7, 11) is -3.66. The number of benzene rings is 3. The maximum Gasteiger partial charge on any atom is 0.243 e. The summed E-state index contributed by atoms with van der Waals surface area (Å²) in [4.78, 5) is 14.5. The standard InChI is InChI=1S/C25H26N2O4S2/c28-25(24(20-9-3-1-4-10-20)32-22-12-5-2-6-13-22)26-19-21-11-7-8-14-23(21)33(29,30)27-15-17-31-18-16-27/h1-14,24H,15-19H2,(H,26,28)/t24-/m1/s1. The third-order valence-corrected chi connectivity index (χ3v) is 8.62. The van der Waals surface area contributed by atoms with Crippen molar-refractivity contribution in [3.05, 3.63) is 96.1 Å². The van der Waals surface area contributed by atoms with Crippen LogP contribution in [-0.2, 0) is 26.1 Å². The zero-order valence-corrected chi connectivity index (χ0v) is 19.7. The average Bonchev–Trinajstić information content (AvgIpc) is 2.87. The van der Waals surface area contributed by atoms with Crippen LogP contribution in [0.3, 0.4) is 0 Å². The molecule has 0 aliphatic carbocycles. The molecule has 0 saturated carbocycles. The minimum atomic E-state index is -3.66. The molecule has 0 radical (unpaired) electrons. The highest BCUT2D eigenvalue weighted by atomic mass is 32.2. The van der Waals surface area contributed by atoms with Crippen molar-refractivity contribution >= 4 is 27.7 Å². The van der Waals surface area contributed by atoms with E-state index in [0.717, 1.165) is 10.5 Å². The minimum absolute atomic E-state index is 0.122. The van der Waals surface area contributed by atoms with Crippen molar-refractivity contribution in [3.8, 4) is 0 Å². The summed E-state index contributed by atoms with van der Waals surface area (Å²) in [5.41, 5.74) is 1.45. The molecular formula is C25H26N2O4S2. The third-order valence-electron chi connectivity index (χ3n) is 5.35.